The number of nitrogens with two attached hydrogens (primary N) is 1. The summed E-state index contributed by atoms with van der Waals surface area (Å²) >= 11 is 8.47. The Morgan fingerprint density at radius 1 is 1.38 bits per heavy atom. The van der Waals surface area contributed by atoms with E-state index in [4.69, 9.17) is 5.73 Å². The number of aromatic nitrogens is 2. The summed E-state index contributed by atoms with van der Waals surface area (Å²) in [6.45, 7) is 0. The van der Waals surface area contributed by atoms with Crippen molar-refractivity contribution in [3.05, 3.63) is 20.4 Å². The van der Waals surface area contributed by atoms with Crippen LogP contribution in [0.5, 0.6) is 0 Å². The van der Waals surface area contributed by atoms with Crippen LogP contribution >= 0.6 is 43.2 Å². The summed E-state index contributed by atoms with van der Waals surface area (Å²) in [6, 6.07) is 3.83. The first-order valence-corrected chi connectivity index (χ1v) is 5.83. The third kappa shape index (κ3) is 1.79. The Kier molecular flexibility index (Phi) is 2.44. The van der Waals surface area contributed by atoms with Gasteiger partial charge < -0.3 is 5.73 Å². The second-order valence-electron chi connectivity index (χ2n) is 2.44. The molecule has 0 radical (unpaired) electrons. The Labute approximate surface area is 95.6 Å². The molecule has 3 N–H and O–H groups in total. The van der Waals surface area contributed by atoms with Gasteiger partial charge >= 0.3 is 0 Å². The summed E-state index contributed by atoms with van der Waals surface area (Å²) < 4.78 is 2.11. The zero-order chi connectivity index (χ0) is 9.42. The summed E-state index contributed by atoms with van der Waals surface area (Å²) in [4.78, 5) is 1.10. The normalized spacial score (nSPS) is 10.6. The standard InChI is InChI=1S/C7H5Br2N3S/c8-3-1-5(13-7(3)9)4-2-6(10)12-11-4/h1-2H,(H3,10,11,12). The maximum Gasteiger partial charge on any atom is 0.145 e. The molecule has 2 aromatic rings. The molecular weight excluding hydrogens is 318 g/mol. The fraction of sp³-hybridized carbons (Fsp3) is 0. The van der Waals surface area contributed by atoms with Crippen molar-refractivity contribution in [3.63, 3.8) is 0 Å². The van der Waals surface area contributed by atoms with Gasteiger partial charge in [-0.05, 0) is 37.9 Å². The van der Waals surface area contributed by atoms with E-state index < -0.39 is 0 Å². The highest BCUT2D eigenvalue weighted by molar-refractivity contribution is 9.13. The minimum atomic E-state index is 0.510. The number of nitrogens with one attached hydrogen (secondary N) is 1. The van der Waals surface area contributed by atoms with E-state index >= 15 is 0 Å². The molecule has 6 heteroatoms. The van der Waals surface area contributed by atoms with Crippen LogP contribution in [0.4, 0.5) is 5.82 Å². The minimum absolute atomic E-state index is 0.510. The number of thiophene rings is 1. The van der Waals surface area contributed by atoms with Crippen LogP contribution in [-0.2, 0) is 0 Å². The largest absolute Gasteiger partial charge is 0.382 e. The predicted octanol–water partition coefficient (Wildman–Crippen LogP) is 3.25. The van der Waals surface area contributed by atoms with Crippen LogP contribution < -0.4 is 5.73 Å². The number of aromatic amines is 1. The molecule has 0 fully saturated rings. The van der Waals surface area contributed by atoms with Gasteiger partial charge in [-0.15, -0.1) is 11.3 Å². The molecule has 0 bridgehead atoms. The predicted molar refractivity (Wildman–Crippen MR) is 61.7 cm³/mol. The summed E-state index contributed by atoms with van der Waals surface area (Å²) in [5.41, 5.74) is 6.44. The maximum absolute atomic E-state index is 5.50. The highest BCUT2D eigenvalue weighted by atomic mass is 79.9. The first kappa shape index (κ1) is 9.23. The third-order valence-electron chi connectivity index (χ3n) is 1.51. The van der Waals surface area contributed by atoms with Gasteiger partial charge in [0.05, 0.1) is 14.4 Å². The number of hydrogen-bond donors (Lipinski definition) is 2. The van der Waals surface area contributed by atoms with E-state index in [9.17, 15) is 0 Å². The van der Waals surface area contributed by atoms with Crippen molar-refractivity contribution < 1.29 is 0 Å². The Hall–Kier alpha value is -0.330. The van der Waals surface area contributed by atoms with Crippen LogP contribution in [-0.4, -0.2) is 10.2 Å². The van der Waals surface area contributed by atoms with Crippen LogP contribution in [0.25, 0.3) is 10.6 Å². The van der Waals surface area contributed by atoms with E-state index in [2.05, 4.69) is 42.1 Å². The van der Waals surface area contributed by atoms with E-state index in [0.29, 0.717) is 5.82 Å². The molecule has 0 aliphatic carbocycles. The molecule has 0 amide bonds. The number of hydrogen-bond acceptors (Lipinski definition) is 3. The third-order valence-corrected chi connectivity index (χ3v) is 4.80. The van der Waals surface area contributed by atoms with Gasteiger partial charge in [-0.3, -0.25) is 5.10 Å². The topological polar surface area (TPSA) is 54.7 Å². The number of halogens is 2. The van der Waals surface area contributed by atoms with E-state index in [-0.39, 0.29) is 0 Å². The maximum atomic E-state index is 5.50. The fourth-order valence-electron chi connectivity index (χ4n) is 0.943. The number of H-pyrrole nitrogens is 1. The van der Waals surface area contributed by atoms with Gasteiger partial charge in [0.1, 0.15) is 5.82 Å². The highest BCUT2D eigenvalue weighted by Crippen LogP contribution is 2.37. The molecule has 0 atom stereocenters. The van der Waals surface area contributed by atoms with Gasteiger partial charge in [0.2, 0.25) is 0 Å². The average molecular weight is 323 g/mol. The van der Waals surface area contributed by atoms with Crippen LogP contribution in [0.3, 0.4) is 0 Å². The van der Waals surface area contributed by atoms with Crippen molar-refractivity contribution in [2.45, 2.75) is 0 Å². The molecule has 13 heavy (non-hydrogen) atoms. The summed E-state index contributed by atoms with van der Waals surface area (Å²) in [6.07, 6.45) is 0. The molecule has 2 aromatic heterocycles. The molecule has 0 saturated carbocycles. The summed E-state index contributed by atoms with van der Waals surface area (Å²) in [5.74, 6) is 0.510. The number of anilines is 1. The van der Waals surface area contributed by atoms with Crippen molar-refractivity contribution in [1.29, 1.82) is 0 Å². The van der Waals surface area contributed by atoms with Crippen LogP contribution in [0.1, 0.15) is 0 Å². The van der Waals surface area contributed by atoms with Crippen LogP contribution in [0, 0.1) is 0 Å². The number of nitrogen functional groups attached to an aromatic ring is 1. The molecule has 2 heterocycles. The van der Waals surface area contributed by atoms with Gasteiger partial charge in [-0.25, -0.2) is 0 Å². The fourth-order valence-corrected chi connectivity index (χ4v) is 2.94. The Bertz CT molecular complexity index is 415. The lowest BCUT2D eigenvalue weighted by molar-refractivity contribution is 1.11. The lowest BCUT2D eigenvalue weighted by Gasteiger charge is -1.85. The van der Waals surface area contributed by atoms with E-state index in [1.807, 2.05) is 12.1 Å². The SMILES string of the molecule is Nc1cc(-c2cc(Br)c(Br)s2)[nH]n1. The number of rotatable bonds is 1. The monoisotopic (exact) mass is 321 g/mol. The lowest BCUT2D eigenvalue weighted by Crippen LogP contribution is -1.81. The quantitative estimate of drug-likeness (QED) is 0.846. The summed E-state index contributed by atoms with van der Waals surface area (Å²) in [7, 11) is 0. The molecule has 0 spiro atoms. The van der Waals surface area contributed by atoms with Crippen molar-refractivity contribution in [2.24, 2.45) is 0 Å². The molecule has 0 aromatic carbocycles. The van der Waals surface area contributed by atoms with Crippen molar-refractivity contribution in [1.82, 2.24) is 10.2 Å². The van der Waals surface area contributed by atoms with Gasteiger partial charge in [0.15, 0.2) is 0 Å². The molecular formula is C7H5Br2N3S. The van der Waals surface area contributed by atoms with E-state index in [1.54, 1.807) is 11.3 Å². The smallest absolute Gasteiger partial charge is 0.145 e. The van der Waals surface area contributed by atoms with Crippen LogP contribution in [0.15, 0.2) is 20.4 Å². The molecule has 2 rings (SSSR count). The molecule has 0 saturated heterocycles. The van der Waals surface area contributed by atoms with E-state index in [1.165, 1.54) is 0 Å². The van der Waals surface area contributed by atoms with Gasteiger partial charge in [-0.2, -0.15) is 5.10 Å². The van der Waals surface area contributed by atoms with E-state index in [0.717, 1.165) is 18.8 Å². The molecule has 0 unspecified atom stereocenters. The lowest BCUT2D eigenvalue weighted by atomic mass is 10.3. The first-order valence-electron chi connectivity index (χ1n) is 3.43. The Morgan fingerprint density at radius 2 is 2.15 bits per heavy atom. The molecule has 0 aliphatic rings. The van der Waals surface area contributed by atoms with Crippen LogP contribution in [0.2, 0.25) is 0 Å². The zero-order valence-electron chi connectivity index (χ0n) is 6.34. The van der Waals surface area contributed by atoms with Crippen molar-refractivity contribution >= 4 is 49.0 Å². The van der Waals surface area contributed by atoms with Gasteiger partial charge in [0.25, 0.3) is 0 Å². The second kappa shape index (κ2) is 3.43. The van der Waals surface area contributed by atoms with Crippen molar-refractivity contribution in [2.75, 3.05) is 5.73 Å². The average Bonchev–Trinajstić information content (AvgIpc) is 2.61. The van der Waals surface area contributed by atoms with Gasteiger partial charge in [0, 0.05) is 10.5 Å². The van der Waals surface area contributed by atoms with Gasteiger partial charge in [-0.1, -0.05) is 0 Å². The Morgan fingerprint density at radius 3 is 2.62 bits per heavy atom. The molecule has 68 valence electrons. The Balaban J connectivity index is 2.46. The summed E-state index contributed by atoms with van der Waals surface area (Å²) in [5, 5.41) is 6.72. The first-order chi connectivity index (χ1) is 6.16. The number of nitrogens with zero attached hydrogens (tertiary/aromatic N) is 1. The minimum Gasteiger partial charge on any atom is -0.382 e. The highest BCUT2D eigenvalue weighted by Gasteiger charge is 2.07. The molecule has 3 nitrogen and oxygen atoms in total. The zero-order valence-corrected chi connectivity index (χ0v) is 10.3. The molecule has 0 aliphatic heterocycles. The second-order valence-corrected chi connectivity index (χ2v) is 5.66. The van der Waals surface area contributed by atoms with Crippen molar-refractivity contribution in [3.8, 4) is 10.6 Å².